The maximum atomic E-state index is 13.2. The molecule has 2 N–H and O–H groups in total. The van der Waals surface area contributed by atoms with Gasteiger partial charge in [0.25, 0.3) is 0 Å². The largest absolute Gasteiger partial charge is 0.493 e. The van der Waals surface area contributed by atoms with Crippen molar-refractivity contribution in [1.29, 1.82) is 0 Å². The predicted octanol–water partition coefficient (Wildman–Crippen LogP) is 1.53. The summed E-state index contributed by atoms with van der Waals surface area (Å²) >= 11 is 0. The highest BCUT2D eigenvalue weighted by atomic mass is 32.2. The molecule has 1 aromatic rings. The monoisotopic (exact) mass is 289 g/mol. The van der Waals surface area contributed by atoms with E-state index in [0.29, 0.717) is 24.2 Å². The van der Waals surface area contributed by atoms with Gasteiger partial charge in [-0.05, 0) is 43.5 Å². The van der Waals surface area contributed by atoms with Crippen molar-refractivity contribution < 1.29 is 17.5 Å². The molecule has 0 aliphatic heterocycles. The minimum atomic E-state index is -2.97. The van der Waals surface area contributed by atoms with Crippen LogP contribution in [0, 0.1) is 5.82 Å². The summed E-state index contributed by atoms with van der Waals surface area (Å²) in [6.07, 6.45) is 2.11. The van der Waals surface area contributed by atoms with Crippen LogP contribution < -0.4 is 10.5 Å². The van der Waals surface area contributed by atoms with Gasteiger partial charge in [0.1, 0.15) is 21.4 Å². The van der Waals surface area contributed by atoms with Gasteiger partial charge in [0.15, 0.2) is 0 Å². The Morgan fingerprint density at radius 2 is 2.11 bits per heavy atom. The zero-order chi connectivity index (χ0) is 14.5. The topological polar surface area (TPSA) is 69.4 Å². The van der Waals surface area contributed by atoms with E-state index >= 15 is 0 Å². The average Bonchev–Trinajstić information content (AvgIpc) is 2.24. The van der Waals surface area contributed by atoms with Crippen LogP contribution in [0.5, 0.6) is 5.75 Å². The second kappa shape index (κ2) is 6.86. The van der Waals surface area contributed by atoms with Gasteiger partial charge in [0.05, 0.1) is 12.4 Å². The van der Waals surface area contributed by atoms with Crippen LogP contribution in [-0.2, 0) is 16.3 Å². The first-order chi connectivity index (χ1) is 8.78. The molecule has 1 aromatic carbocycles. The van der Waals surface area contributed by atoms with Gasteiger partial charge < -0.3 is 10.5 Å². The van der Waals surface area contributed by atoms with E-state index in [1.165, 1.54) is 18.4 Å². The fourth-order valence-electron chi connectivity index (χ4n) is 1.70. The number of benzene rings is 1. The lowest BCUT2D eigenvalue weighted by molar-refractivity contribution is 0.313. The van der Waals surface area contributed by atoms with Crippen LogP contribution in [0.15, 0.2) is 18.2 Å². The number of halogens is 1. The van der Waals surface area contributed by atoms with Crippen LogP contribution >= 0.6 is 0 Å². The Balaban J connectivity index is 2.62. The van der Waals surface area contributed by atoms with Gasteiger partial charge in [-0.25, -0.2) is 12.8 Å². The minimum absolute atomic E-state index is 0.0802. The molecule has 1 unspecified atom stereocenters. The van der Waals surface area contributed by atoms with Crippen LogP contribution in [0.3, 0.4) is 0 Å². The van der Waals surface area contributed by atoms with E-state index in [1.807, 2.05) is 6.92 Å². The van der Waals surface area contributed by atoms with E-state index in [4.69, 9.17) is 10.5 Å². The molecule has 0 amide bonds. The predicted molar refractivity (Wildman–Crippen MR) is 73.6 cm³/mol. The Labute approximate surface area is 113 Å². The van der Waals surface area contributed by atoms with E-state index in [1.54, 1.807) is 6.07 Å². The number of ether oxygens (including phenoxy) is 1. The molecule has 0 bridgehead atoms. The third-order valence-corrected chi connectivity index (χ3v) is 3.51. The fourth-order valence-corrected chi connectivity index (χ4v) is 2.34. The van der Waals surface area contributed by atoms with Gasteiger partial charge in [-0.15, -0.1) is 0 Å². The Hall–Kier alpha value is -1.14. The molecule has 1 atom stereocenters. The van der Waals surface area contributed by atoms with Crippen LogP contribution in [0.1, 0.15) is 18.9 Å². The molecule has 0 aliphatic rings. The zero-order valence-electron chi connectivity index (χ0n) is 11.2. The molecule has 108 valence electrons. The van der Waals surface area contributed by atoms with Crippen molar-refractivity contribution in [3.05, 3.63) is 29.6 Å². The number of rotatable bonds is 7. The lowest BCUT2D eigenvalue weighted by atomic mass is 10.1. The third-order valence-electron chi connectivity index (χ3n) is 2.48. The molecule has 0 heterocycles. The van der Waals surface area contributed by atoms with Crippen molar-refractivity contribution in [3.8, 4) is 5.75 Å². The molecule has 0 aliphatic carbocycles. The van der Waals surface area contributed by atoms with Crippen LogP contribution in [0.2, 0.25) is 0 Å². The highest BCUT2D eigenvalue weighted by Gasteiger charge is 2.08. The van der Waals surface area contributed by atoms with E-state index in [9.17, 15) is 12.8 Å². The van der Waals surface area contributed by atoms with Crippen molar-refractivity contribution >= 4 is 9.84 Å². The van der Waals surface area contributed by atoms with Gasteiger partial charge in [-0.2, -0.15) is 0 Å². The third kappa shape index (κ3) is 6.54. The summed E-state index contributed by atoms with van der Waals surface area (Å²) in [7, 11) is -2.97. The van der Waals surface area contributed by atoms with Crippen LogP contribution in [-0.4, -0.2) is 33.1 Å². The van der Waals surface area contributed by atoms with E-state index in [0.717, 1.165) is 0 Å². The quantitative estimate of drug-likeness (QED) is 0.773. The smallest absolute Gasteiger partial charge is 0.147 e. The van der Waals surface area contributed by atoms with E-state index in [-0.39, 0.29) is 24.2 Å². The highest BCUT2D eigenvalue weighted by Crippen LogP contribution is 2.21. The van der Waals surface area contributed by atoms with Crippen molar-refractivity contribution in [1.82, 2.24) is 0 Å². The standard InChI is InChI=1S/C13H20FNO3S/c1-10(15)8-11-9-12(14)4-5-13(11)18-6-3-7-19(2,16)17/h4-5,9-10H,3,6-8,15H2,1-2H3. The second-order valence-corrected chi connectivity index (χ2v) is 7.03. The Bertz CT molecular complexity index is 515. The zero-order valence-corrected chi connectivity index (χ0v) is 12.0. The molecule has 4 nitrogen and oxygen atoms in total. The lowest BCUT2D eigenvalue weighted by Gasteiger charge is -2.13. The molecule has 0 spiro atoms. The van der Waals surface area contributed by atoms with E-state index in [2.05, 4.69) is 0 Å². The summed E-state index contributed by atoms with van der Waals surface area (Å²) in [4.78, 5) is 0. The molecular weight excluding hydrogens is 269 g/mol. The molecule has 19 heavy (non-hydrogen) atoms. The number of sulfone groups is 1. The molecule has 0 radical (unpaired) electrons. The van der Waals surface area contributed by atoms with Crippen molar-refractivity contribution in [3.63, 3.8) is 0 Å². The second-order valence-electron chi connectivity index (χ2n) is 4.77. The molecule has 0 fully saturated rings. The maximum absolute atomic E-state index is 13.2. The Morgan fingerprint density at radius 3 is 2.68 bits per heavy atom. The van der Waals surface area contributed by atoms with Crippen LogP contribution in [0.25, 0.3) is 0 Å². The maximum Gasteiger partial charge on any atom is 0.147 e. The molecule has 0 saturated heterocycles. The average molecular weight is 289 g/mol. The first-order valence-electron chi connectivity index (χ1n) is 6.12. The molecule has 0 aromatic heterocycles. The highest BCUT2D eigenvalue weighted by molar-refractivity contribution is 7.90. The van der Waals surface area contributed by atoms with Gasteiger partial charge in [0, 0.05) is 12.3 Å². The summed E-state index contributed by atoms with van der Waals surface area (Å²) in [6, 6.07) is 4.17. The lowest BCUT2D eigenvalue weighted by Crippen LogP contribution is -2.18. The Kier molecular flexibility index (Phi) is 5.75. The Morgan fingerprint density at radius 1 is 1.42 bits per heavy atom. The fraction of sp³-hybridized carbons (Fsp3) is 0.538. The van der Waals surface area contributed by atoms with Crippen LogP contribution in [0.4, 0.5) is 4.39 Å². The summed E-state index contributed by atoms with van der Waals surface area (Å²) in [6.45, 7) is 2.11. The van der Waals surface area contributed by atoms with Gasteiger partial charge in [-0.1, -0.05) is 0 Å². The van der Waals surface area contributed by atoms with Crippen molar-refractivity contribution in [2.75, 3.05) is 18.6 Å². The number of hydrogen-bond donors (Lipinski definition) is 1. The SMILES string of the molecule is CC(N)Cc1cc(F)ccc1OCCCS(C)(=O)=O. The molecule has 1 rings (SSSR count). The number of hydrogen-bond acceptors (Lipinski definition) is 4. The van der Waals surface area contributed by atoms with Crippen molar-refractivity contribution in [2.24, 2.45) is 5.73 Å². The summed E-state index contributed by atoms with van der Waals surface area (Å²) < 4.78 is 40.6. The summed E-state index contributed by atoms with van der Waals surface area (Å²) in [5.74, 6) is 0.308. The molecule has 6 heteroatoms. The normalized spacial score (nSPS) is 13.3. The van der Waals surface area contributed by atoms with Crippen molar-refractivity contribution in [2.45, 2.75) is 25.8 Å². The first kappa shape index (κ1) is 15.9. The first-order valence-corrected chi connectivity index (χ1v) is 8.18. The molecular formula is C13H20FNO3S. The summed E-state index contributed by atoms with van der Waals surface area (Å²) in [5.41, 5.74) is 6.40. The number of nitrogens with two attached hydrogens (primary N) is 1. The van der Waals surface area contributed by atoms with E-state index < -0.39 is 9.84 Å². The summed E-state index contributed by atoms with van der Waals surface area (Å²) in [5, 5.41) is 0. The minimum Gasteiger partial charge on any atom is -0.493 e. The van der Waals surface area contributed by atoms with Gasteiger partial charge >= 0.3 is 0 Å². The van der Waals surface area contributed by atoms with Gasteiger partial charge in [0.2, 0.25) is 0 Å². The van der Waals surface area contributed by atoms with Gasteiger partial charge in [-0.3, -0.25) is 0 Å². The molecule has 0 saturated carbocycles.